The molecule has 1 saturated heterocycles. The van der Waals surface area contributed by atoms with E-state index >= 15 is 0 Å². The van der Waals surface area contributed by atoms with E-state index in [1.165, 1.54) is 13.2 Å². The van der Waals surface area contributed by atoms with Gasteiger partial charge in [-0.15, -0.1) is 0 Å². The summed E-state index contributed by atoms with van der Waals surface area (Å²) in [6.45, 7) is 2.65. The fourth-order valence-electron chi connectivity index (χ4n) is 1.99. The first-order chi connectivity index (χ1) is 11.0. The summed E-state index contributed by atoms with van der Waals surface area (Å²) in [5.74, 6) is -0.374. The highest BCUT2D eigenvalue weighted by Crippen LogP contribution is 2.29. The number of barbiturate groups is 1. The predicted octanol–water partition coefficient (Wildman–Crippen LogP) is 1.62. The number of carbonyl (C=O) groups excluding carboxylic acids is 3. The molecule has 1 aromatic carbocycles. The van der Waals surface area contributed by atoms with Crippen molar-refractivity contribution in [1.82, 2.24) is 10.6 Å². The van der Waals surface area contributed by atoms with Gasteiger partial charge in [0.25, 0.3) is 11.8 Å². The van der Waals surface area contributed by atoms with Crippen molar-refractivity contribution in [1.29, 1.82) is 0 Å². The van der Waals surface area contributed by atoms with Crippen LogP contribution in [0.3, 0.4) is 0 Å². The number of rotatable bonds is 6. The van der Waals surface area contributed by atoms with Crippen LogP contribution in [0.25, 0.3) is 6.08 Å². The second kappa shape index (κ2) is 7.44. The van der Waals surface area contributed by atoms with Crippen LogP contribution >= 0.6 is 0 Å². The lowest BCUT2D eigenvalue weighted by Crippen LogP contribution is -2.51. The van der Waals surface area contributed by atoms with Gasteiger partial charge < -0.3 is 9.47 Å². The SMILES string of the molecule is CCCCOc1ccc(C=C2C(=O)NC(=O)NC2=O)cc1OC. The number of hydrogen-bond acceptors (Lipinski definition) is 5. The summed E-state index contributed by atoms with van der Waals surface area (Å²) >= 11 is 0. The number of benzene rings is 1. The minimum absolute atomic E-state index is 0.147. The van der Waals surface area contributed by atoms with Crippen LogP contribution in [0.15, 0.2) is 23.8 Å². The molecule has 1 fully saturated rings. The fraction of sp³-hybridized carbons (Fsp3) is 0.312. The Kier molecular flexibility index (Phi) is 5.35. The van der Waals surface area contributed by atoms with E-state index < -0.39 is 17.8 Å². The smallest absolute Gasteiger partial charge is 0.328 e. The summed E-state index contributed by atoms with van der Waals surface area (Å²) in [5, 5.41) is 4.04. The Hall–Kier alpha value is -2.83. The molecule has 7 heteroatoms. The van der Waals surface area contributed by atoms with E-state index in [1.54, 1.807) is 18.2 Å². The Morgan fingerprint density at radius 2 is 1.78 bits per heavy atom. The normalized spacial score (nSPS) is 14.2. The highest BCUT2D eigenvalue weighted by Gasteiger charge is 2.27. The predicted molar refractivity (Wildman–Crippen MR) is 83.1 cm³/mol. The molecule has 0 spiro atoms. The largest absolute Gasteiger partial charge is 0.493 e. The molecule has 0 radical (unpaired) electrons. The third kappa shape index (κ3) is 4.09. The summed E-state index contributed by atoms with van der Waals surface area (Å²) in [6, 6.07) is 4.25. The van der Waals surface area contributed by atoms with Crippen molar-refractivity contribution >= 4 is 23.9 Å². The van der Waals surface area contributed by atoms with Gasteiger partial charge in [-0.25, -0.2) is 4.79 Å². The number of unbranched alkanes of at least 4 members (excludes halogenated alkanes) is 1. The Morgan fingerprint density at radius 1 is 1.09 bits per heavy atom. The topological polar surface area (TPSA) is 93.7 Å². The maximum atomic E-state index is 11.7. The Bertz CT molecular complexity index is 644. The van der Waals surface area contributed by atoms with E-state index in [1.807, 2.05) is 10.6 Å². The minimum atomic E-state index is -0.825. The van der Waals surface area contributed by atoms with Crippen molar-refractivity contribution < 1.29 is 23.9 Å². The molecular formula is C16H18N2O5. The third-order valence-electron chi connectivity index (χ3n) is 3.20. The third-order valence-corrected chi connectivity index (χ3v) is 3.20. The summed E-state index contributed by atoms with van der Waals surface area (Å²) in [5.41, 5.74) is 0.436. The van der Waals surface area contributed by atoms with Gasteiger partial charge in [0.15, 0.2) is 11.5 Å². The van der Waals surface area contributed by atoms with Gasteiger partial charge in [0.05, 0.1) is 13.7 Å². The molecule has 0 bridgehead atoms. The van der Waals surface area contributed by atoms with Crippen molar-refractivity contribution in [2.24, 2.45) is 0 Å². The van der Waals surface area contributed by atoms with E-state index in [-0.39, 0.29) is 5.57 Å². The Morgan fingerprint density at radius 3 is 2.39 bits per heavy atom. The molecule has 1 aromatic rings. The lowest BCUT2D eigenvalue weighted by atomic mass is 10.1. The van der Waals surface area contributed by atoms with E-state index in [0.717, 1.165) is 12.8 Å². The van der Waals surface area contributed by atoms with Gasteiger partial charge in [-0.05, 0) is 30.2 Å². The van der Waals surface area contributed by atoms with E-state index in [0.29, 0.717) is 23.7 Å². The monoisotopic (exact) mass is 318 g/mol. The molecule has 0 aromatic heterocycles. The first-order valence-corrected chi connectivity index (χ1v) is 7.24. The molecule has 23 heavy (non-hydrogen) atoms. The minimum Gasteiger partial charge on any atom is -0.493 e. The fourth-order valence-corrected chi connectivity index (χ4v) is 1.99. The number of methoxy groups -OCH3 is 1. The zero-order valence-electron chi connectivity index (χ0n) is 13.0. The zero-order chi connectivity index (χ0) is 16.8. The van der Waals surface area contributed by atoms with Crippen molar-refractivity contribution in [2.75, 3.05) is 13.7 Å². The van der Waals surface area contributed by atoms with E-state index in [9.17, 15) is 14.4 Å². The van der Waals surface area contributed by atoms with Gasteiger partial charge in [-0.1, -0.05) is 19.4 Å². The number of hydrogen-bond donors (Lipinski definition) is 2. The average Bonchev–Trinajstić information content (AvgIpc) is 2.52. The molecule has 7 nitrogen and oxygen atoms in total. The highest BCUT2D eigenvalue weighted by atomic mass is 16.5. The number of ether oxygens (including phenoxy) is 2. The van der Waals surface area contributed by atoms with Crippen LogP contribution in [0.4, 0.5) is 4.79 Å². The van der Waals surface area contributed by atoms with E-state index in [2.05, 4.69) is 6.92 Å². The average molecular weight is 318 g/mol. The molecule has 4 amide bonds. The number of nitrogens with one attached hydrogen (secondary N) is 2. The van der Waals surface area contributed by atoms with Crippen molar-refractivity contribution in [3.63, 3.8) is 0 Å². The molecule has 1 heterocycles. The van der Waals surface area contributed by atoms with Crippen LogP contribution in [0.5, 0.6) is 11.5 Å². The van der Waals surface area contributed by atoms with Crippen molar-refractivity contribution in [2.45, 2.75) is 19.8 Å². The number of urea groups is 1. The standard InChI is InChI=1S/C16H18N2O5/c1-3-4-7-23-12-6-5-10(9-13(12)22-2)8-11-14(19)17-16(21)18-15(11)20/h5-6,8-9H,3-4,7H2,1-2H3,(H2,17,18,19,20,21). The van der Waals surface area contributed by atoms with Gasteiger partial charge in [0.2, 0.25) is 0 Å². The summed E-state index contributed by atoms with van der Waals surface area (Å²) in [7, 11) is 1.51. The molecule has 122 valence electrons. The van der Waals surface area contributed by atoms with E-state index in [4.69, 9.17) is 9.47 Å². The molecular weight excluding hydrogens is 300 g/mol. The van der Waals surface area contributed by atoms with Gasteiger partial charge in [0.1, 0.15) is 5.57 Å². The van der Waals surface area contributed by atoms with Gasteiger partial charge >= 0.3 is 6.03 Å². The molecule has 2 N–H and O–H groups in total. The van der Waals surface area contributed by atoms with Crippen LogP contribution in [0, 0.1) is 0 Å². The number of carbonyl (C=O) groups is 3. The lowest BCUT2D eigenvalue weighted by Gasteiger charge is -2.14. The van der Waals surface area contributed by atoms with Gasteiger partial charge in [-0.2, -0.15) is 0 Å². The zero-order valence-corrected chi connectivity index (χ0v) is 13.0. The Labute approximate surface area is 133 Å². The number of imide groups is 2. The summed E-state index contributed by atoms with van der Waals surface area (Å²) < 4.78 is 10.9. The van der Waals surface area contributed by atoms with Crippen LogP contribution in [-0.4, -0.2) is 31.6 Å². The molecule has 0 saturated carbocycles. The first kappa shape index (κ1) is 16.5. The quantitative estimate of drug-likeness (QED) is 0.472. The summed E-state index contributed by atoms with van der Waals surface area (Å²) in [4.78, 5) is 34.4. The van der Waals surface area contributed by atoms with Crippen LogP contribution < -0.4 is 20.1 Å². The molecule has 2 rings (SSSR count). The molecule has 0 aliphatic carbocycles. The van der Waals surface area contributed by atoms with Crippen molar-refractivity contribution in [3.8, 4) is 11.5 Å². The molecule has 0 atom stereocenters. The number of amides is 4. The lowest BCUT2D eigenvalue weighted by molar-refractivity contribution is -0.123. The van der Waals surface area contributed by atoms with Gasteiger partial charge in [0, 0.05) is 0 Å². The van der Waals surface area contributed by atoms with Crippen LogP contribution in [0.2, 0.25) is 0 Å². The van der Waals surface area contributed by atoms with Crippen LogP contribution in [-0.2, 0) is 9.59 Å². The molecule has 1 aliphatic rings. The second-order valence-corrected chi connectivity index (χ2v) is 4.91. The first-order valence-electron chi connectivity index (χ1n) is 7.24. The van der Waals surface area contributed by atoms with Crippen LogP contribution in [0.1, 0.15) is 25.3 Å². The highest BCUT2D eigenvalue weighted by molar-refractivity contribution is 6.31. The molecule has 0 unspecified atom stereocenters. The summed E-state index contributed by atoms with van der Waals surface area (Å²) in [6.07, 6.45) is 3.34. The second-order valence-electron chi connectivity index (χ2n) is 4.91. The maximum absolute atomic E-state index is 11.7. The van der Waals surface area contributed by atoms with Crippen molar-refractivity contribution in [3.05, 3.63) is 29.3 Å². The maximum Gasteiger partial charge on any atom is 0.328 e. The van der Waals surface area contributed by atoms with Gasteiger partial charge in [-0.3, -0.25) is 20.2 Å². The molecule has 1 aliphatic heterocycles. The Balaban J connectivity index is 2.23.